The molecule has 1 aliphatic heterocycles. The van der Waals surface area contributed by atoms with Crippen molar-refractivity contribution in [2.75, 3.05) is 26.2 Å². The van der Waals surface area contributed by atoms with Gasteiger partial charge in [0.1, 0.15) is 0 Å². The highest BCUT2D eigenvalue weighted by atomic mass is 32.1. The Morgan fingerprint density at radius 1 is 1.26 bits per heavy atom. The van der Waals surface area contributed by atoms with E-state index in [4.69, 9.17) is 0 Å². The number of nitrogens with one attached hydrogen (secondary N) is 1. The summed E-state index contributed by atoms with van der Waals surface area (Å²) in [5.74, 6) is 0.592. The zero-order valence-corrected chi connectivity index (χ0v) is 16.7. The molecule has 140 valence electrons. The fraction of sp³-hybridized carbons (Fsp3) is 0.364. The first kappa shape index (κ1) is 18.1. The van der Waals surface area contributed by atoms with Gasteiger partial charge in [0, 0.05) is 25.2 Å². The number of benzene rings is 2. The van der Waals surface area contributed by atoms with Gasteiger partial charge in [-0.3, -0.25) is 4.79 Å². The summed E-state index contributed by atoms with van der Waals surface area (Å²) in [6.45, 7) is 7.92. The molecular formula is C22H25N3OS. The van der Waals surface area contributed by atoms with Crippen LogP contribution >= 0.6 is 11.3 Å². The van der Waals surface area contributed by atoms with E-state index in [1.807, 2.05) is 25.1 Å². The number of hydrogen-bond donors (Lipinski definition) is 1. The van der Waals surface area contributed by atoms with Crippen LogP contribution in [-0.2, 0) is 0 Å². The van der Waals surface area contributed by atoms with Crippen molar-refractivity contribution in [3.05, 3.63) is 64.2 Å². The van der Waals surface area contributed by atoms with E-state index < -0.39 is 0 Å². The predicted octanol–water partition coefficient (Wildman–Crippen LogP) is 4.13. The number of aromatic nitrogens is 1. The van der Waals surface area contributed by atoms with Crippen molar-refractivity contribution >= 4 is 27.5 Å². The lowest BCUT2D eigenvalue weighted by atomic mass is 9.94. The lowest BCUT2D eigenvalue weighted by Gasteiger charge is -2.17. The van der Waals surface area contributed by atoms with Gasteiger partial charge >= 0.3 is 0 Å². The Kier molecular flexibility index (Phi) is 5.23. The zero-order valence-electron chi connectivity index (χ0n) is 15.9. The molecule has 1 amide bonds. The summed E-state index contributed by atoms with van der Waals surface area (Å²) in [7, 11) is 0. The standard InChI is InChI=1S/C22H25N3OS/c1-15-5-3-4-6-19(15)18-9-11-25(14-18)12-10-23-22(26)17-7-8-21-20(13-17)24-16(2)27-21/h3-8,13,18H,9-12,14H2,1-2H3,(H,23,26)/t18-/m0/s1. The number of thiazole rings is 1. The summed E-state index contributed by atoms with van der Waals surface area (Å²) in [5.41, 5.74) is 4.44. The molecule has 4 nitrogen and oxygen atoms in total. The molecule has 1 fully saturated rings. The van der Waals surface area contributed by atoms with Crippen LogP contribution in [0.25, 0.3) is 10.2 Å². The van der Waals surface area contributed by atoms with Crippen LogP contribution in [0.5, 0.6) is 0 Å². The van der Waals surface area contributed by atoms with Gasteiger partial charge in [-0.05, 0) is 62.1 Å². The Morgan fingerprint density at radius 3 is 2.96 bits per heavy atom. The molecule has 1 aliphatic rings. The first-order chi connectivity index (χ1) is 13.1. The SMILES string of the molecule is Cc1nc2cc(C(=O)NCCN3CC[C@H](c4ccccc4C)C3)ccc2s1. The molecule has 0 radical (unpaired) electrons. The Morgan fingerprint density at radius 2 is 2.11 bits per heavy atom. The first-order valence-corrected chi connectivity index (χ1v) is 10.3. The van der Waals surface area contributed by atoms with Crippen LogP contribution < -0.4 is 5.32 Å². The molecule has 0 bridgehead atoms. The minimum atomic E-state index is -0.0165. The van der Waals surface area contributed by atoms with Gasteiger partial charge in [-0.2, -0.15) is 0 Å². The Balaban J connectivity index is 1.29. The molecule has 1 N–H and O–H groups in total. The molecule has 0 spiro atoms. The summed E-state index contributed by atoms with van der Waals surface area (Å²) in [6, 6.07) is 14.4. The number of carbonyl (C=O) groups is 1. The molecule has 3 aromatic rings. The molecule has 0 aliphatic carbocycles. The van der Waals surface area contributed by atoms with Gasteiger partial charge in [0.15, 0.2) is 0 Å². The highest BCUT2D eigenvalue weighted by Gasteiger charge is 2.24. The number of likely N-dealkylation sites (tertiary alicyclic amines) is 1. The normalized spacial score (nSPS) is 17.5. The van der Waals surface area contributed by atoms with Crippen LogP contribution in [0, 0.1) is 13.8 Å². The summed E-state index contributed by atoms with van der Waals surface area (Å²) in [5, 5.41) is 4.09. The molecule has 1 aromatic heterocycles. The van der Waals surface area contributed by atoms with Gasteiger partial charge in [-0.25, -0.2) is 4.98 Å². The number of hydrogen-bond acceptors (Lipinski definition) is 4. The van der Waals surface area contributed by atoms with Crippen molar-refractivity contribution in [2.45, 2.75) is 26.2 Å². The summed E-state index contributed by atoms with van der Waals surface area (Å²) in [6.07, 6.45) is 1.19. The van der Waals surface area contributed by atoms with Crippen LogP contribution in [0.15, 0.2) is 42.5 Å². The van der Waals surface area contributed by atoms with Crippen molar-refractivity contribution in [2.24, 2.45) is 0 Å². The third kappa shape index (κ3) is 4.04. The molecule has 4 rings (SSSR count). The van der Waals surface area contributed by atoms with E-state index in [1.165, 1.54) is 17.5 Å². The number of rotatable bonds is 5. The third-order valence-electron chi connectivity index (χ3n) is 5.37. The molecule has 27 heavy (non-hydrogen) atoms. The Labute approximate surface area is 164 Å². The number of carbonyl (C=O) groups excluding carboxylic acids is 1. The topological polar surface area (TPSA) is 45.2 Å². The zero-order chi connectivity index (χ0) is 18.8. The van der Waals surface area contributed by atoms with E-state index in [1.54, 1.807) is 11.3 Å². The van der Waals surface area contributed by atoms with Gasteiger partial charge in [-0.1, -0.05) is 24.3 Å². The van der Waals surface area contributed by atoms with E-state index in [2.05, 4.69) is 46.4 Å². The molecule has 1 saturated heterocycles. The van der Waals surface area contributed by atoms with Gasteiger partial charge in [0.25, 0.3) is 5.91 Å². The van der Waals surface area contributed by atoms with Crippen LogP contribution in [0.3, 0.4) is 0 Å². The van der Waals surface area contributed by atoms with Gasteiger partial charge in [0.2, 0.25) is 0 Å². The molecular weight excluding hydrogens is 354 g/mol. The van der Waals surface area contributed by atoms with Crippen molar-refractivity contribution in [1.82, 2.24) is 15.2 Å². The van der Waals surface area contributed by atoms with Crippen molar-refractivity contribution in [3.63, 3.8) is 0 Å². The number of nitrogens with zero attached hydrogens (tertiary/aromatic N) is 2. The average molecular weight is 380 g/mol. The Bertz CT molecular complexity index is 965. The second-order valence-corrected chi connectivity index (χ2v) is 8.55. The first-order valence-electron chi connectivity index (χ1n) is 9.53. The summed E-state index contributed by atoms with van der Waals surface area (Å²) >= 11 is 1.66. The van der Waals surface area contributed by atoms with Crippen LogP contribution in [0.2, 0.25) is 0 Å². The highest BCUT2D eigenvalue weighted by molar-refractivity contribution is 7.18. The van der Waals surface area contributed by atoms with Gasteiger partial charge in [0.05, 0.1) is 15.2 Å². The van der Waals surface area contributed by atoms with Crippen LogP contribution in [0.4, 0.5) is 0 Å². The molecule has 0 saturated carbocycles. The molecule has 5 heteroatoms. The van der Waals surface area contributed by atoms with E-state index in [9.17, 15) is 4.79 Å². The molecule has 2 aromatic carbocycles. The van der Waals surface area contributed by atoms with Gasteiger partial charge in [-0.15, -0.1) is 11.3 Å². The fourth-order valence-electron chi connectivity index (χ4n) is 3.95. The number of fused-ring (bicyclic) bond motifs is 1. The van der Waals surface area contributed by atoms with Crippen LogP contribution in [-0.4, -0.2) is 42.0 Å². The largest absolute Gasteiger partial charge is 0.351 e. The maximum absolute atomic E-state index is 12.4. The summed E-state index contributed by atoms with van der Waals surface area (Å²) < 4.78 is 1.13. The van der Waals surface area contributed by atoms with Crippen LogP contribution in [0.1, 0.15) is 38.8 Å². The quantitative estimate of drug-likeness (QED) is 0.725. The summed E-state index contributed by atoms with van der Waals surface area (Å²) in [4.78, 5) is 19.4. The van der Waals surface area contributed by atoms with Crippen molar-refractivity contribution < 1.29 is 4.79 Å². The highest BCUT2D eigenvalue weighted by Crippen LogP contribution is 2.29. The number of amides is 1. The maximum atomic E-state index is 12.4. The minimum absolute atomic E-state index is 0.0165. The van der Waals surface area contributed by atoms with E-state index in [-0.39, 0.29) is 5.91 Å². The fourth-order valence-corrected chi connectivity index (χ4v) is 4.76. The van der Waals surface area contributed by atoms with Gasteiger partial charge < -0.3 is 10.2 Å². The van der Waals surface area contributed by atoms with E-state index in [0.29, 0.717) is 18.0 Å². The second kappa shape index (κ2) is 7.79. The molecule has 2 heterocycles. The van der Waals surface area contributed by atoms with Crippen molar-refractivity contribution in [3.8, 4) is 0 Å². The lowest BCUT2D eigenvalue weighted by Crippen LogP contribution is -2.33. The van der Waals surface area contributed by atoms with Crippen molar-refractivity contribution in [1.29, 1.82) is 0 Å². The molecule has 0 unspecified atom stereocenters. The van der Waals surface area contributed by atoms with E-state index in [0.717, 1.165) is 34.9 Å². The molecule has 1 atom stereocenters. The monoisotopic (exact) mass is 379 g/mol. The third-order valence-corrected chi connectivity index (χ3v) is 6.32. The lowest BCUT2D eigenvalue weighted by molar-refractivity contribution is 0.0950. The Hall–Kier alpha value is -2.24. The number of aryl methyl sites for hydroxylation is 2. The smallest absolute Gasteiger partial charge is 0.251 e. The maximum Gasteiger partial charge on any atom is 0.251 e. The predicted molar refractivity (Wildman–Crippen MR) is 112 cm³/mol. The van der Waals surface area contributed by atoms with E-state index >= 15 is 0 Å². The average Bonchev–Trinajstić information content (AvgIpc) is 3.27. The second-order valence-electron chi connectivity index (χ2n) is 7.31. The minimum Gasteiger partial charge on any atom is -0.351 e.